The number of amides is 1. The Hall–Kier alpha value is -1.99. The first-order valence-electron chi connectivity index (χ1n) is 9.41. The van der Waals surface area contributed by atoms with Gasteiger partial charge in [-0.15, -0.1) is 0 Å². The average Bonchev–Trinajstić information content (AvgIpc) is 3.19. The second-order valence-corrected chi connectivity index (χ2v) is 6.27. The summed E-state index contributed by atoms with van der Waals surface area (Å²) >= 11 is 0. The Balaban J connectivity index is 1.88. The van der Waals surface area contributed by atoms with Crippen LogP contribution in [0.3, 0.4) is 0 Å². The topological polar surface area (TPSA) is 69.3 Å². The number of nitrogens with zero attached hydrogens (tertiary/aromatic N) is 1. The number of carbonyl (C=O) groups excluding carboxylic acids is 1. The third-order valence-electron chi connectivity index (χ3n) is 4.49. The van der Waals surface area contributed by atoms with E-state index in [9.17, 15) is 4.79 Å². The Morgan fingerprint density at radius 3 is 2.54 bits per heavy atom. The van der Waals surface area contributed by atoms with E-state index in [2.05, 4.69) is 10.2 Å². The second kappa shape index (κ2) is 9.09. The number of benzene rings is 1. The number of ether oxygens (including phenoxy) is 4. The molecule has 0 aliphatic carbocycles. The molecule has 1 atom stereocenters. The minimum absolute atomic E-state index is 0.134. The lowest BCUT2D eigenvalue weighted by atomic mass is 10.2. The Labute approximate surface area is 154 Å². The molecular formula is C19H28N2O5. The highest BCUT2D eigenvalue weighted by molar-refractivity contribution is 5.96. The molecule has 7 nitrogen and oxygen atoms in total. The van der Waals surface area contributed by atoms with Crippen molar-refractivity contribution < 1.29 is 23.7 Å². The van der Waals surface area contributed by atoms with Gasteiger partial charge in [-0.2, -0.15) is 0 Å². The molecule has 1 aromatic rings. The maximum absolute atomic E-state index is 12.5. The molecule has 0 bridgehead atoms. The average molecular weight is 364 g/mol. The van der Waals surface area contributed by atoms with Gasteiger partial charge in [0.1, 0.15) is 17.6 Å². The quantitative estimate of drug-likeness (QED) is 0.801. The number of hydrogen-bond donors (Lipinski definition) is 1. The van der Waals surface area contributed by atoms with Crippen LogP contribution in [-0.4, -0.2) is 58.1 Å². The van der Waals surface area contributed by atoms with Crippen molar-refractivity contribution in [1.82, 2.24) is 0 Å². The van der Waals surface area contributed by atoms with E-state index in [1.54, 1.807) is 0 Å². The van der Waals surface area contributed by atoms with E-state index in [1.165, 1.54) is 0 Å². The summed E-state index contributed by atoms with van der Waals surface area (Å²) in [5, 5.41) is 2.95. The molecule has 0 unspecified atom stereocenters. The Morgan fingerprint density at radius 2 is 1.88 bits per heavy atom. The summed E-state index contributed by atoms with van der Waals surface area (Å²) in [5.74, 6) is 1.24. The van der Waals surface area contributed by atoms with Crippen LogP contribution < -0.4 is 19.7 Å². The van der Waals surface area contributed by atoms with Gasteiger partial charge >= 0.3 is 0 Å². The minimum atomic E-state index is -0.390. The van der Waals surface area contributed by atoms with E-state index in [4.69, 9.17) is 18.9 Å². The fourth-order valence-corrected chi connectivity index (χ4v) is 3.24. The van der Waals surface area contributed by atoms with Crippen molar-refractivity contribution in [3.63, 3.8) is 0 Å². The van der Waals surface area contributed by atoms with Gasteiger partial charge in [-0.25, -0.2) is 0 Å². The molecule has 1 amide bonds. The van der Waals surface area contributed by atoms with E-state index in [0.717, 1.165) is 37.4 Å². The summed E-state index contributed by atoms with van der Waals surface area (Å²) in [6.45, 7) is 8.54. The Morgan fingerprint density at radius 1 is 1.15 bits per heavy atom. The van der Waals surface area contributed by atoms with Crippen LogP contribution in [0, 0.1) is 0 Å². The van der Waals surface area contributed by atoms with Gasteiger partial charge < -0.3 is 29.2 Å². The third kappa shape index (κ3) is 4.40. The maximum Gasteiger partial charge on any atom is 0.253 e. The normalized spacial score (nSPS) is 20.1. The number of anilines is 2. The molecule has 3 rings (SSSR count). The monoisotopic (exact) mass is 364 g/mol. The van der Waals surface area contributed by atoms with Gasteiger partial charge in [0, 0.05) is 31.8 Å². The van der Waals surface area contributed by atoms with E-state index < -0.39 is 0 Å². The summed E-state index contributed by atoms with van der Waals surface area (Å²) in [6, 6.07) is 3.80. The summed E-state index contributed by atoms with van der Waals surface area (Å²) in [7, 11) is 0. The van der Waals surface area contributed by atoms with E-state index in [1.807, 2.05) is 26.0 Å². The van der Waals surface area contributed by atoms with Crippen molar-refractivity contribution >= 4 is 17.3 Å². The molecule has 0 spiro atoms. The summed E-state index contributed by atoms with van der Waals surface area (Å²) in [6.07, 6.45) is 1.27. The summed E-state index contributed by atoms with van der Waals surface area (Å²) < 4.78 is 22.6. The highest BCUT2D eigenvalue weighted by Gasteiger charge is 2.26. The lowest BCUT2D eigenvalue weighted by Gasteiger charge is -2.31. The molecule has 1 aromatic carbocycles. The molecule has 0 aromatic heterocycles. The predicted octanol–water partition coefficient (Wildman–Crippen LogP) is 2.44. The molecular weight excluding hydrogens is 336 g/mol. The van der Waals surface area contributed by atoms with Crippen molar-refractivity contribution in [2.45, 2.75) is 32.8 Å². The molecule has 2 saturated heterocycles. The maximum atomic E-state index is 12.5. The molecule has 0 saturated carbocycles. The van der Waals surface area contributed by atoms with Gasteiger partial charge in [0.15, 0.2) is 0 Å². The van der Waals surface area contributed by atoms with Gasteiger partial charge in [-0.05, 0) is 26.7 Å². The number of hydrogen-bond acceptors (Lipinski definition) is 6. The number of rotatable bonds is 7. The van der Waals surface area contributed by atoms with Crippen LogP contribution in [0.2, 0.25) is 0 Å². The van der Waals surface area contributed by atoms with Gasteiger partial charge in [0.05, 0.1) is 37.8 Å². The first-order valence-corrected chi connectivity index (χ1v) is 9.41. The van der Waals surface area contributed by atoms with Crippen LogP contribution >= 0.6 is 0 Å². The predicted molar refractivity (Wildman–Crippen MR) is 99.4 cm³/mol. The van der Waals surface area contributed by atoms with Crippen molar-refractivity contribution in [1.29, 1.82) is 0 Å². The molecule has 144 valence electrons. The molecule has 1 N–H and O–H groups in total. The van der Waals surface area contributed by atoms with Crippen LogP contribution in [0.25, 0.3) is 0 Å². The van der Waals surface area contributed by atoms with Gasteiger partial charge in [-0.3, -0.25) is 4.79 Å². The van der Waals surface area contributed by atoms with Gasteiger partial charge in [0.25, 0.3) is 5.91 Å². The molecule has 2 fully saturated rings. The molecule has 0 radical (unpaired) electrons. The van der Waals surface area contributed by atoms with E-state index in [-0.39, 0.29) is 12.0 Å². The lowest BCUT2D eigenvalue weighted by molar-refractivity contribution is -0.124. The van der Waals surface area contributed by atoms with Crippen LogP contribution in [0.1, 0.15) is 26.7 Å². The Bertz CT molecular complexity index is 610. The number of morpholine rings is 1. The van der Waals surface area contributed by atoms with Crippen molar-refractivity contribution in [2.75, 3.05) is 56.3 Å². The zero-order valence-corrected chi connectivity index (χ0v) is 15.6. The molecule has 2 aliphatic rings. The van der Waals surface area contributed by atoms with E-state index in [0.29, 0.717) is 44.5 Å². The zero-order chi connectivity index (χ0) is 18.4. The van der Waals surface area contributed by atoms with Crippen molar-refractivity contribution in [3.8, 4) is 11.5 Å². The van der Waals surface area contributed by atoms with Crippen molar-refractivity contribution in [2.24, 2.45) is 0 Å². The first-order chi connectivity index (χ1) is 12.7. The highest BCUT2D eigenvalue weighted by Crippen LogP contribution is 2.39. The third-order valence-corrected chi connectivity index (χ3v) is 4.49. The fraction of sp³-hybridized carbons (Fsp3) is 0.632. The standard InChI is InChI=1S/C19H28N2O5/c1-3-24-17-13-15(21-7-10-23-11-8-21)18(25-4-2)12-14(17)20-19(22)16-6-5-9-26-16/h12-13,16H,3-11H2,1-2H3,(H,20,22)/t16-/m1/s1. The Kier molecular flexibility index (Phi) is 6.57. The first kappa shape index (κ1) is 18.8. The zero-order valence-electron chi connectivity index (χ0n) is 15.6. The number of nitrogens with one attached hydrogen (secondary N) is 1. The smallest absolute Gasteiger partial charge is 0.253 e. The number of carbonyl (C=O) groups is 1. The lowest BCUT2D eigenvalue weighted by Crippen LogP contribution is -2.36. The molecule has 26 heavy (non-hydrogen) atoms. The van der Waals surface area contributed by atoms with Crippen LogP contribution in [-0.2, 0) is 14.3 Å². The highest BCUT2D eigenvalue weighted by atomic mass is 16.5. The second-order valence-electron chi connectivity index (χ2n) is 6.27. The van der Waals surface area contributed by atoms with E-state index >= 15 is 0 Å². The summed E-state index contributed by atoms with van der Waals surface area (Å²) in [4.78, 5) is 14.7. The minimum Gasteiger partial charge on any atom is -0.492 e. The van der Waals surface area contributed by atoms with Gasteiger partial charge in [0.2, 0.25) is 0 Å². The van der Waals surface area contributed by atoms with Crippen molar-refractivity contribution in [3.05, 3.63) is 12.1 Å². The SMILES string of the molecule is CCOc1cc(N2CCOCC2)c(OCC)cc1NC(=O)[C@H]1CCCO1. The molecule has 2 heterocycles. The summed E-state index contributed by atoms with van der Waals surface area (Å²) in [5.41, 5.74) is 1.58. The molecule has 7 heteroatoms. The fourth-order valence-electron chi connectivity index (χ4n) is 3.24. The van der Waals surface area contributed by atoms with Crippen LogP contribution in [0.5, 0.6) is 11.5 Å². The van der Waals surface area contributed by atoms with Crippen LogP contribution in [0.15, 0.2) is 12.1 Å². The largest absolute Gasteiger partial charge is 0.492 e. The van der Waals surface area contributed by atoms with Gasteiger partial charge in [-0.1, -0.05) is 0 Å². The molecule has 2 aliphatic heterocycles. The van der Waals surface area contributed by atoms with Crippen LogP contribution in [0.4, 0.5) is 11.4 Å².